The Morgan fingerprint density at radius 3 is 1.20 bits per heavy atom. The van der Waals surface area contributed by atoms with Crippen molar-refractivity contribution < 1.29 is 1.43 Å². The molecule has 0 aliphatic rings. The van der Waals surface area contributed by atoms with Crippen molar-refractivity contribution in [3.8, 4) is 0 Å². The summed E-state index contributed by atoms with van der Waals surface area (Å²) < 4.78 is 0. The quantitative estimate of drug-likeness (QED) is 0.514. The minimum atomic E-state index is 0. The Kier molecular flexibility index (Phi) is 4.65. The lowest BCUT2D eigenvalue weighted by atomic mass is 10.2. The largest absolute Gasteiger partial charge is 0.0683 e. The van der Waals surface area contributed by atoms with E-state index < -0.39 is 0 Å². The van der Waals surface area contributed by atoms with E-state index >= 15 is 0 Å². The van der Waals surface area contributed by atoms with Crippen LogP contribution < -0.4 is 0 Å². The van der Waals surface area contributed by atoms with Crippen molar-refractivity contribution in [2.75, 3.05) is 0 Å². The molecule has 0 bridgehead atoms. The zero-order valence-electron chi connectivity index (χ0n) is 7.31. The molecule has 0 heteroatoms. The number of rotatable bonds is 0. The monoisotopic (exact) mass is 138 g/mol. The van der Waals surface area contributed by atoms with Gasteiger partial charge in [-0.25, -0.2) is 0 Å². The summed E-state index contributed by atoms with van der Waals surface area (Å²) in [4.78, 5) is 0. The fraction of sp³-hybridized carbons (Fsp3) is 0.400. The van der Waals surface area contributed by atoms with Crippen LogP contribution >= 0.6 is 0 Å². The molecular weight excluding hydrogens is 120 g/mol. The zero-order valence-corrected chi connectivity index (χ0v) is 7.31. The summed E-state index contributed by atoms with van der Waals surface area (Å²) in [6.07, 6.45) is 0. The molecule has 0 spiro atoms. The molecule has 0 aromatic heterocycles. The molecule has 10 heavy (non-hydrogen) atoms. The second-order valence-electron chi connectivity index (χ2n) is 2.15. The zero-order chi connectivity index (χ0) is 7.98. The van der Waals surface area contributed by atoms with Crippen LogP contribution in [0.1, 0.15) is 26.4 Å². The summed E-state index contributed by atoms with van der Waals surface area (Å²) in [5.41, 5.74) is 2.66. The lowest BCUT2D eigenvalue weighted by molar-refractivity contribution is 1.40. The van der Waals surface area contributed by atoms with Crippen molar-refractivity contribution >= 4 is 0 Å². The van der Waals surface area contributed by atoms with Gasteiger partial charge in [0.15, 0.2) is 0 Å². The summed E-state index contributed by atoms with van der Waals surface area (Å²) in [6.45, 7) is 8.19. The van der Waals surface area contributed by atoms with Gasteiger partial charge in [-0.15, -0.1) is 0 Å². The third-order valence-electron chi connectivity index (χ3n) is 1.22. The average Bonchev–Trinajstić information content (AvgIpc) is 2.00. The average molecular weight is 138 g/mol. The van der Waals surface area contributed by atoms with Crippen LogP contribution in [0.2, 0.25) is 0 Å². The Labute approximate surface area is 65.4 Å². The van der Waals surface area contributed by atoms with Crippen molar-refractivity contribution in [3.05, 3.63) is 35.4 Å². The van der Waals surface area contributed by atoms with E-state index in [9.17, 15) is 0 Å². The molecule has 0 amide bonds. The molecule has 0 N–H and O–H groups in total. The summed E-state index contributed by atoms with van der Waals surface area (Å²) in [7, 11) is 0. The van der Waals surface area contributed by atoms with Gasteiger partial charge >= 0.3 is 0 Å². The number of aryl methyl sites for hydroxylation is 2. The Bertz CT molecular complexity index is 144. The van der Waals surface area contributed by atoms with E-state index in [4.69, 9.17) is 0 Å². The first kappa shape index (κ1) is 9.22. The molecule has 0 unspecified atom stereocenters. The molecule has 0 atom stereocenters. The molecule has 1 aromatic carbocycles. The van der Waals surface area contributed by atoms with E-state index in [0.29, 0.717) is 0 Å². The molecule has 1 rings (SSSR count). The van der Waals surface area contributed by atoms with Gasteiger partial charge in [-0.1, -0.05) is 49.2 Å². The van der Waals surface area contributed by atoms with Crippen LogP contribution in [-0.2, 0) is 0 Å². The Morgan fingerprint density at radius 1 is 0.800 bits per heavy atom. The maximum atomic E-state index is 2.12. The highest BCUT2D eigenvalue weighted by molar-refractivity contribution is 5.19. The van der Waals surface area contributed by atoms with Crippen LogP contribution in [-0.4, -0.2) is 0 Å². The van der Waals surface area contributed by atoms with Gasteiger partial charge in [0.05, 0.1) is 0 Å². The minimum Gasteiger partial charge on any atom is -0.0683 e. The van der Waals surface area contributed by atoms with Gasteiger partial charge in [0.2, 0.25) is 0 Å². The van der Waals surface area contributed by atoms with E-state index in [1.165, 1.54) is 11.1 Å². The van der Waals surface area contributed by atoms with Crippen molar-refractivity contribution in [2.24, 2.45) is 0 Å². The van der Waals surface area contributed by atoms with Crippen LogP contribution in [0.3, 0.4) is 0 Å². The Hall–Kier alpha value is -0.780. The first-order valence-electron chi connectivity index (χ1n) is 3.82. The van der Waals surface area contributed by atoms with Crippen LogP contribution in [0.15, 0.2) is 24.3 Å². The molecule has 0 aliphatic carbocycles. The highest BCUT2D eigenvalue weighted by Gasteiger charge is 1.79. The number of hydrogen-bond donors (Lipinski definition) is 0. The third-order valence-corrected chi connectivity index (χ3v) is 1.22. The van der Waals surface area contributed by atoms with Crippen LogP contribution in [0.5, 0.6) is 0 Å². The van der Waals surface area contributed by atoms with Gasteiger partial charge in [-0.05, 0) is 13.8 Å². The fourth-order valence-electron chi connectivity index (χ4n) is 0.637. The predicted octanol–water partition coefficient (Wildman–Crippen LogP) is 3.58. The highest BCUT2D eigenvalue weighted by Crippen LogP contribution is 1.99. The molecule has 0 aliphatic heterocycles. The smallest absolute Gasteiger partial charge is 0 e. The lowest BCUT2D eigenvalue weighted by Gasteiger charge is -1.90. The number of benzene rings is 1. The minimum absolute atomic E-state index is 0. The summed E-state index contributed by atoms with van der Waals surface area (Å²) in [6, 6.07) is 8.48. The van der Waals surface area contributed by atoms with Gasteiger partial charge in [0.25, 0.3) is 0 Å². The summed E-state index contributed by atoms with van der Waals surface area (Å²) in [5.74, 6) is 0. The second kappa shape index (κ2) is 5.04. The van der Waals surface area contributed by atoms with Crippen molar-refractivity contribution in [3.63, 3.8) is 0 Å². The first-order chi connectivity index (χ1) is 4.79. The van der Waals surface area contributed by atoms with Crippen LogP contribution in [0.25, 0.3) is 0 Å². The van der Waals surface area contributed by atoms with Crippen molar-refractivity contribution in [1.29, 1.82) is 0 Å². The Balaban J connectivity index is 0. The SMILES string of the molecule is CC.Cc1ccc(C)cc1.[HH]. The topological polar surface area (TPSA) is 0 Å². The van der Waals surface area contributed by atoms with E-state index in [0.717, 1.165) is 0 Å². The van der Waals surface area contributed by atoms with Gasteiger partial charge < -0.3 is 0 Å². The van der Waals surface area contributed by atoms with E-state index in [-0.39, 0.29) is 1.43 Å². The highest BCUT2D eigenvalue weighted by atomic mass is 13.9. The van der Waals surface area contributed by atoms with E-state index in [1.54, 1.807) is 0 Å². The van der Waals surface area contributed by atoms with Gasteiger partial charge in [0.1, 0.15) is 0 Å². The Morgan fingerprint density at radius 2 is 1.00 bits per heavy atom. The molecule has 1 aromatic rings. The maximum Gasteiger partial charge on any atom is 0 e. The van der Waals surface area contributed by atoms with Gasteiger partial charge in [0, 0.05) is 1.43 Å². The maximum absolute atomic E-state index is 2.12. The molecule has 0 nitrogen and oxygen atoms in total. The van der Waals surface area contributed by atoms with Gasteiger partial charge in [-0.2, -0.15) is 0 Å². The molecule has 0 saturated carbocycles. The van der Waals surface area contributed by atoms with Gasteiger partial charge in [-0.3, -0.25) is 0 Å². The standard InChI is InChI=1S/C8H10.C2H6.H2/c1-7-3-5-8(2)6-4-7;1-2;/h3-6H,1-2H3;1-2H3;1H. The van der Waals surface area contributed by atoms with E-state index in [2.05, 4.69) is 38.1 Å². The fourth-order valence-corrected chi connectivity index (χ4v) is 0.637. The normalized spacial score (nSPS) is 8.00. The molecular formula is C10H18. The molecule has 0 fully saturated rings. The predicted molar refractivity (Wildman–Crippen MR) is 49.4 cm³/mol. The summed E-state index contributed by atoms with van der Waals surface area (Å²) in [5, 5.41) is 0. The van der Waals surface area contributed by atoms with Crippen molar-refractivity contribution in [2.45, 2.75) is 27.7 Å². The molecule has 0 heterocycles. The summed E-state index contributed by atoms with van der Waals surface area (Å²) >= 11 is 0. The number of hydrogen-bond acceptors (Lipinski definition) is 0. The second-order valence-corrected chi connectivity index (χ2v) is 2.15. The van der Waals surface area contributed by atoms with Crippen molar-refractivity contribution in [1.82, 2.24) is 0 Å². The van der Waals surface area contributed by atoms with E-state index in [1.807, 2.05) is 13.8 Å². The van der Waals surface area contributed by atoms with Crippen LogP contribution in [0, 0.1) is 13.8 Å². The molecule has 58 valence electrons. The molecule has 0 saturated heterocycles. The van der Waals surface area contributed by atoms with Crippen LogP contribution in [0.4, 0.5) is 0 Å². The molecule has 0 radical (unpaired) electrons. The third kappa shape index (κ3) is 3.29. The first-order valence-corrected chi connectivity index (χ1v) is 3.82. The lowest BCUT2D eigenvalue weighted by Crippen LogP contribution is -1.70.